The van der Waals surface area contributed by atoms with E-state index in [1.54, 1.807) is 28.0 Å². The highest BCUT2D eigenvalue weighted by Gasteiger charge is 2.27. The van der Waals surface area contributed by atoms with Crippen LogP contribution in [0.15, 0.2) is 18.2 Å². The molecule has 7 nitrogen and oxygen atoms in total. The molecule has 0 spiro atoms. The van der Waals surface area contributed by atoms with Gasteiger partial charge in [0.15, 0.2) is 11.5 Å². The lowest BCUT2D eigenvalue weighted by Crippen LogP contribution is -2.56. The number of urea groups is 1. The summed E-state index contributed by atoms with van der Waals surface area (Å²) in [6, 6.07) is 5.12. The molecule has 0 saturated carbocycles. The van der Waals surface area contributed by atoms with Crippen molar-refractivity contribution in [2.45, 2.75) is 26.3 Å². The van der Waals surface area contributed by atoms with Crippen molar-refractivity contribution in [3.63, 3.8) is 0 Å². The Hall–Kier alpha value is -2.44. The largest absolute Gasteiger partial charge is 0.454 e. The van der Waals surface area contributed by atoms with Crippen LogP contribution in [0.5, 0.6) is 11.5 Å². The Labute approximate surface area is 141 Å². The summed E-state index contributed by atoms with van der Waals surface area (Å²) in [5.74, 6) is 1.21. The number of hydrogen-bond donors (Lipinski definition) is 1. The van der Waals surface area contributed by atoms with E-state index in [4.69, 9.17) is 9.47 Å². The van der Waals surface area contributed by atoms with Gasteiger partial charge in [-0.3, -0.25) is 4.79 Å². The minimum atomic E-state index is -0.267. The van der Waals surface area contributed by atoms with Crippen LogP contribution in [0.2, 0.25) is 0 Å². The van der Waals surface area contributed by atoms with Gasteiger partial charge in [-0.2, -0.15) is 0 Å². The van der Waals surface area contributed by atoms with Crippen molar-refractivity contribution in [3.8, 4) is 11.5 Å². The maximum Gasteiger partial charge on any atom is 0.317 e. The minimum absolute atomic E-state index is 0.0517. The van der Waals surface area contributed by atoms with Crippen molar-refractivity contribution in [2.75, 3.05) is 33.0 Å². The lowest BCUT2D eigenvalue weighted by Gasteiger charge is -2.36. The zero-order valence-electron chi connectivity index (χ0n) is 14.3. The highest BCUT2D eigenvalue weighted by atomic mass is 16.7. The summed E-state index contributed by atoms with van der Waals surface area (Å²) in [6.07, 6.45) is 0. The molecule has 2 heterocycles. The third-order valence-electron chi connectivity index (χ3n) is 3.96. The molecule has 7 heteroatoms. The van der Waals surface area contributed by atoms with Gasteiger partial charge in [-0.25, -0.2) is 4.79 Å². The summed E-state index contributed by atoms with van der Waals surface area (Å²) in [6.45, 7) is 8.12. The smallest absolute Gasteiger partial charge is 0.317 e. The van der Waals surface area contributed by atoms with Gasteiger partial charge in [0.1, 0.15) is 0 Å². The standard InChI is InChI=1S/C17H23N3O4/c1-17(2,3)18-16(22)20-8-6-19(7-9-20)15(21)12-4-5-13-14(10-12)24-11-23-13/h4-5,10H,6-9,11H2,1-3H3,(H,18,22). The monoisotopic (exact) mass is 333 g/mol. The molecular formula is C17H23N3O4. The van der Waals surface area contributed by atoms with E-state index in [0.29, 0.717) is 43.2 Å². The maximum absolute atomic E-state index is 12.6. The first-order valence-corrected chi connectivity index (χ1v) is 8.09. The Morgan fingerprint density at radius 1 is 1.00 bits per heavy atom. The van der Waals surface area contributed by atoms with E-state index in [0.717, 1.165) is 0 Å². The normalized spacial score (nSPS) is 17.0. The van der Waals surface area contributed by atoms with Gasteiger partial charge in [-0.05, 0) is 39.0 Å². The van der Waals surface area contributed by atoms with Crippen LogP contribution in [-0.4, -0.2) is 60.2 Å². The van der Waals surface area contributed by atoms with Gasteiger partial charge in [0.2, 0.25) is 6.79 Å². The van der Waals surface area contributed by atoms with Crippen LogP contribution >= 0.6 is 0 Å². The Balaban J connectivity index is 1.58. The number of rotatable bonds is 1. The quantitative estimate of drug-likeness (QED) is 0.849. The van der Waals surface area contributed by atoms with Gasteiger partial charge in [0.05, 0.1) is 0 Å². The van der Waals surface area contributed by atoms with E-state index in [-0.39, 0.29) is 24.3 Å². The fourth-order valence-electron chi connectivity index (χ4n) is 2.72. The van der Waals surface area contributed by atoms with Crippen molar-refractivity contribution >= 4 is 11.9 Å². The number of amides is 3. The summed E-state index contributed by atoms with van der Waals surface area (Å²) in [5.41, 5.74) is 0.308. The first-order valence-electron chi connectivity index (χ1n) is 8.09. The topological polar surface area (TPSA) is 71.1 Å². The maximum atomic E-state index is 12.6. The van der Waals surface area contributed by atoms with Gasteiger partial charge in [-0.15, -0.1) is 0 Å². The molecule has 1 N–H and O–H groups in total. The molecule has 2 aliphatic heterocycles. The zero-order valence-corrected chi connectivity index (χ0v) is 14.3. The molecule has 1 fully saturated rings. The molecule has 0 aliphatic carbocycles. The van der Waals surface area contributed by atoms with Crippen LogP contribution in [0, 0.1) is 0 Å². The molecule has 1 aromatic carbocycles. The molecule has 0 atom stereocenters. The van der Waals surface area contributed by atoms with E-state index in [9.17, 15) is 9.59 Å². The number of hydrogen-bond acceptors (Lipinski definition) is 4. The number of nitrogens with zero attached hydrogens (tertiary/aromatic N) is 2. The zero-order chi connectivity index (χ0) is 17.3. The summed E-state index contributed by atoms with van der Waals surface area (Å²) in [5, 5.41) is 2.95. The Bertz CT molecular complexity index is 646. The third kappa shape index (κ3) is 3.55. The Kier molecular flexibility index (Phi) is 4.26. The van der Waals surface area contributed by atoms with Crippen LogP contribution in [0.3, 0.4) is 0 Å². The molecule has 130 valence electrons. The van der Waals surface area contributed by atoms with Gasteiger partial charge < -0.3 is 24.6 Å². The molecule has 2 aliphatic rings. The van der Waals surface area contributed by atoms with Crippen molar-refractivity contribution in [1.29, 1.82) is 0 Å². The summed E-state index contributed by atoms with van der Waals surface area (Å²) < 4.78 is 10.6. The van der Waals surface area contributed by atoms with Crippen molar-refractivity contribution in [2.24, 2.45) is 0 Å². The van der Waals surface area contributed by atoms with Crippen LogP contribution < -0.4 is 14.8 Å². The second-order valence-electron chi connectivity index (χ2n) is 7.03. The first-order chi connectivity index (χ1) is 11.3. The van der Waals surface area contributed by atoms with Crippen LogP contribution in [-0.2, 0) is 0 Å². The highest BCUT2D eigenvalue weighted by Crippen LogP contribution is 2.32. The molecule has 0 unspecified atom stereocenters. The summed E-state index contributed by atoms with van der Waals surface area (Å²) in [4.78, 5) is 28.3. The lowest BCUT2D eigenvalue weighted by atomic mass is 10.1. The molecule has 24 heavy (non-hydrogen) atoms. The second kappa shape index (κ2) is 6.22. The van der Waals surface area contributed by atoms with E-state index < -0.39 is 0 Å². The average Bonchev–Trinajstić information content (AvgIpc) is 3.00. The minimum Gasteiger partial charge on any atom is -0.454 e. The van der Waals surface area contributed by atoms with E-state index in [1.807, 2.05) is 20.8 Å². The molecule has 3 amide bonds. The fraction of sp³-hybridized carbons (Fsp3) is 0.529. The van der Waals surface area contributed by atoms with E-state index >= 15 is 0 Å². The van der Waals surface area contributed by atoms with Gasteiger partial charge in [0.25, 0.3) is 5.91 Å². The van der Waals surface area contributed by atoms with E-state index in [1.165, 1.54) is 0 Å². The Morgan fingerprint density at radius 3 is 2.29 bits per heavy atom. The molecule has 3 rings (SSSR count). The average molecular weight is 333 g/mol. The van der Waals surface area contributed by atoms with Crippen molar-refractivity contribution in [3.05, 3.63) is 23.8 Å². The molecule has 0 bridgehead atoms. The van der Waals surface area contributed by atoms with E-state index in [2.05, 4.69) is 5.32 Å². The van der Waals surface area contributed by atoms with Crippen LogP contribution in [0.4, 0.5) is 4.79 Å². The fourth-order valence-corrected chi connectivity index (χ4v) is 2.72. The predicted octanol–water partition coefficient (Wildman–Crippen LogP) is 1.68. The lowest BCUT2D eigenvalue weighted by molar-refractivity contribution is 0.0661. The molecule has 0 radical (unpaired) electrons. The molecule has 1 saturated heterocycles. The molecule has 1 aromatic rings. The van der Waals surface area contributed by atoms with Crippen molar-refractivity contribution < 1.29 is 19.1 Å². The summed E-state index contributed by atoms with van der Waals surface area (Å²) >= 11 is 0. The number of benzene rings is 1. The van der Waals surface area contributed by atoms with Crippen molar-refractivity contribution in [1.82, 2.24) is 15.1 Å². The number of ether oxygens (including phenoxy) is 2. The predicted molar refractivity (Wildman–Crippen MR) is 88.3 cm³/mol. The van der Waals surface area contributed by atoms with Crippen LogP contribution in [0.25, 0.3) is 0 Å². The third-order valence-corrected chi connectivity index (χ3v) is 3.96. The highest BCUT2D eigenvalue weighted by molar-refractivity contribution is 5.95. The molecular weight excluding hydrogens is 310 g/mol. The number of carbonyl (C=O) groups is 2. The SMILES string of the molecule is CC(C)(C)NC(=O)N1CCN(C(=O)c2ccc3c(c2)OCO3)CC1. The van der Waals surface area contributed by atoms with Gasteiger partial charge in [-0.1, -0.05) is 0 Å². The number of nitrogens with one attached hydrogen (secondary N) is 1. The van der Waals surface area contributed by atoms with Gasteiger partial charge in [0, 0.05) is 37.3 Å². The number of piperazine rings is 1. The number of carbonyl (C=O) groups excluding carboxylic acids is 2. The Morgan fingerprint density at radius 2 is 1.62 bits per heavy atom. The summed E-state index contributed by atoms with van der Waals surface area (Å²) in [7, 11) is 0. The second-order valence-corrected chi connectivity index (χ2v) is 7.03. The first kappa shape index (κ1) is 16.4. The van der Waals surface area contributed by atoms with Gasteiger partial charge >= 0.3 is 6.03 Å². The molecule has 0 aromatic heterocycles. The number of fused-ring (bicyclic) bond motifs is 1. The van der Waals surface area contributed by atoms with Crippen LogP contribution in [0.1, 0.15) is 31.1 Å².